The van der Waals surface area contributed by atoms with Crippen molar-refractivity contribution in [1.82, 2.24) is 5.32 Å². The van der Waals surface area contributed by atoms with Crippen LogP contribution < -0.4 is 11.1 Å². The molecule has 0 rings (SSSR count). The van der Waals surface area contributed by atoms with Crippen molar-refractivity contribution in [2.75, 3.05) is 6.54 Å². The Balaban J connectivity index is 4.62. The number of allylic oxidation sites excluding steroid dienone is 19. The lowest BCUT2D eigenvalue weighted by molar-refractivity contribution is -0.147. The van der Waals surface area contributed by atoms with Crippen molar-refractivity contribution in [3.63, 3.8) is 0 Å². The number of nitrogens with one attached hydrogen (secondary N) is 1. The Morgan fingerprint density at radius 3 is 1.44 bits per heavy atom. The van der Waals surface area contributed by atoms with Crippen LogP contribution in [0.3, 0.4) is 0 Å². The molecule has 0 aromatic rings. The van der Waals surface area contributed by atoms with Crippen LogP contribution in [0.2, 0.25) is 0 Å². The summed E-state index contributed by atoms with van der Waals surface area (Å²) in [6.07, 6.45) is 56.8. The van der Waals surface area contributed by atoms with E-state index in [1.807, 2.05) is 18.2 Å². The summed E-state index contributed by atoms with van der Waals surface area (Å²) in [4.78, 5) is 36.4. The molecule has 7 nitrogen and oxygen atoms in total. The molecule has 0 bridgehead atoms. The molecule has 0 saturated carbocycles. The number of carbonyl (C=O) groups excluding carboxylic acids is 2. The minimum absolute atomic E-state index is 0.224. The summed E-state index contributed by atoms with van der Waals surface area (Å²) in [5, 5.41) is 11.9. The zero-order valence-corrected chi connectivity index (χ0v) is 33.5. The van der Waals surface area contributed by atoms with Gasteiger partial charge in [-0.2, -0.15) is 0 Å². The fourth-order valence-electron chi connectivity index (χ4n) is 5.03. The maximum atomic E-state index is 12.7. The van der Waals surface area contributed by atoms with Gasteiger partial charge in [-0.3, -0.25) is 9.59 Å². The van der Waals surface area contributed by atoms with Gasteiger partial charge in [-0.15, -0.1) is 0 Å². The molecule has 0 aromatic heterocycles. The normalized spacial score (nSPS) is 14.0. The highest BCUT2D eigenvalue weighted by Gasteiger charge is 2.19. The second-order valence-corrected chi connectivity index (χ2v) is 12.9. The van der Waals surface area contributed by atoms with E-state index >= 15 is 0 Å². The van der Waals surface area contributed by atoms with E-state index in [4.69, 9.17) is 10.5 Å². The Bertz CT molecular complexity index is 1250. The lowest BCUT2D eigenvalue weighted by Crippen LogP contribution is -2.40. The second kappa shape index (κ2) is 40.0. The predicted octanol–water partition coefficient (Wildman–Crippen LogP) is 11.4. The number of ether oxygens (including phenoxy) is 1. The van der Waals surface area contributed by atoms with E-state index in [1.165, 1.54) is 0 Å². The number of carbonyl (C=O) groups is 3. The van der Waals surface area contributed by atoms with Crippen LogP contribution in [0.1, 0.15) is 136 Å². The summed E-state index contributed by atoms with van der Waals surface area (Å²) >= 11 is 0. The van der Waals surface area contributed by atoms with Gasteiger partial charge in [0.25, 0.3) is 0 Å². The van der Waals surface area contributed by atoms with E-state index in [0.717, 1.165) is 77.0 Å². The van der Waals surface area contributed by atoms with Crippen LogP contribution in [-0.4, -0.2) is 41.6 Å². The van der Waals surface area contributed by atoms with Crippen molar-refractivity contribution in [2.24, 2.45) is 5.73 Å². The maximum Gasteiger partial charge on any atom is 0.326 e. The minimum atomic E-state index is -1.04. The second-order valence-electron chi connectivity index (χ2n) is 12.9. The lowest BCUT2D eigenvalue weighted by Gasteiger charge is -2.15. The summed E-state index contributed by atoms with van der Waals surface area (Å²) < 4.78 is 5.84. The molecule has 0 heterocycles. The first-order valence-corrected chi connectivity index (χ1v) is 20.4. The van der Waals surface area contributed by atoms with Crippen LogP contribution in [0.4, 0.5) is 0 Å². The summed E-state index contributed by atoms with van der Waals surface area (Å²) in [5.41, 5.74) is 5.48. The highest BCUT2D eigenvalue weighted by Crippen LogP contribution is 2.13. The Morgan fingerprint density at radius 1 is 0.556 bits per heavy atom. The number of esters is 1. The topological polar surface area (TPSA) is 119 Å². The molecule has 0 aliphatic carbocycles. The van der Waals surface area contributed by atoms with Gasteiger partial charge < -0.3 is 20.9 Å². The van der Waals surface area contributed by atoms with Gasteiger partial charge in [0.05, 0.1) is 0 Å². The number of hydrogen-bond donors (Lipinski definition) is 3. The van der Waals surface area contributed by atoms with Gasteiger partial charge in [0.15, 0.2) is 0 Å². The van der Waals surface area contributed by atoms with Crippen molar-refractivity contribution in [1.29, 1.82) is 0 Å². The summed E-state index contributed by atoms with van der Waals surface area (Å²) in [7, 11) is 0. The standard InChI is InChI=1S/C47H72N2O5/c1-3-5-7-9-11-13-15-16-17-18-19-20-21-22-24-26-28-30-35-41-46(51)54-43(37-32-29-27-25-23-14-12-10-8-6-4-2)38-33-31-34-40-45(50)49-44(47(52)53)39-36-42-48/h5-8,11-14,16-17,19-20,22,24-25,27-28,30,32,37,43-44H,3-4,9-10,15,18,21,23,26,29,31,33-36,38-42,48H2,1-2H3,(H,49,50)(H,52,53)/b7-5-,8-6-,13-11-,14-12-,17-16-,20-19-,24-22-,27-25-,30-28-,37-32-. The maximum absolute atomic E-state index is 12.7. The fourth-order valence-corrected chi connectivity index (χ4v) is 5.03. The van der Waals surface area contributed by atoms with Crippen molar-refractivity contribution < 1.29 is 24.2 Å². The summed E-state index contributed by atoms with van der Waals surface area (Å²) in [5.74, 6) is -1.53. The third-order valence-corrected chi connectivity index (χ3v) is 8.02. The average molecular weight is 745 g/mol. The molecule has 0 fully saturated rings. The van der Waals surface area contributed by atoms with E-state index in [0.29, 0.717) is 45.1 Å². The van der Waals surface area contributed by atoms with Crippen LogP contribution >= 0.6 is 0 Å². The van der Waals surface area contributed by atoms with Crippen molar-refractivity contribution in [2.45, 2.75) is 148 Å². The van der Waals surface area contributed by atoms with Gasteiger partial charge in [0, 0.05) is 12.8 Å². The zero-order valence-electron chi connectivity index (χ0n) is 33.5. The first-order chi connectivity index (χ1) is 26.4. The fraction of sp³-hybridized carbons (Fsp3) is 0.511. The number of unbranched alkanes of at least 4 members (excludes halogenated alkanes) is 2. The monoisotopic (exact) mass is 745 g/mol. The molecule has 0 spiro atoms. The van der Waals surface area contributed by atoms with Crippen molar-refractivity contribution in [3.8, 4) is 0 Å². The Morgan fingerprint density at radius 2 is 1.00 bits per heavy atom. The molecule has 54 heavy (non-hydrogen) atoms. The highest BCUT2D eigenvalue weighted by atomic mass is 16.5. The van der Waals surface area contributed by atoms with Gasteiger partial charge in [0.2, 0.25) is 5.91 Å². The van der Waals surface area contributed by atoms with Crippen LogP contribution in [0.15, 0.2) is 122 Å². The summed E-state index contributed by atoms with van der Waals surface area (Å²) in [6.45, 7) is 4.66. The number of amides is 1. The van der Waals surface area contributed by atoms with Crippen LogP contribution in [0.5, 0.6) is 0 Å². The predicted molar refractivity (Wildman–Crippen MR) is 229 cm³/mol. The van der Waals surface area contributed by atoms with Gasteiger partial charge >= 0.3 is 11.9 Å². The minimum Gasteiger partial charge on any atom is -0.480 e. The number of carboxylic acid groups (broad SMARTS) is 1. The Labute approximate surface area is 328 Å². The molecule has 7 heteroatoms. The molecule has 300 valence electrons. The van der Waals surface area contributed by atoms with Gasteiger partial charge in [-0.1, -0.05) is 136 Å². The van der Waals surface area contributed by atoms with Gasteiger partial charge in [-0.05, 0) is 115 Å². The summed E-state index contributed by atoms with van der Waals surface area (Å²) in [6, 6.07) is -0.907. The van der Waals surface area contributed by atoms with Crippen LogP contribution in [-0.2, 0) is 19.1 Å². The van der Waals surface area contributed by atoms with E-state index in [9.17, 15) is 19.5 Å². The van der Waals surface area contributed by atoms with Crippen molar-refractivity contribution in [3.05, 3.63) is 122 Å². The molecule has 0 saturated heterocycles. The average Bonchev–Trinajstić information content (AvgIpc) is 3.15. The Kier molecular flexibility index (Phi) is 36.8. The van der Waals surface area contributed by atoms with Crippen molar-refractivity contribution >= 4 is 17.8 Å². The molecule has 0 radical (unpaired) electrons. The molecule has 0 aromatic carbocycles. The molecular formula is C47H72N2O5. The molecule has 4 N–H and O–H groups in total. The lowest BCUT2D eigenvalue weighted by atomic mass is 10.1. The zero-order chi connectivity index (χ0) is 39.6. The van der Waals surface area contributed by atoms with E-state index in [-0.39, 0.29) is 24.4 Å². The first kappa shape index (κ1) is 49.8. The first-order valence-electron chi connectivity index (χ1n) is 20.4. The quantitative estimate of drug-likeness (QED) is 0.0343. The number of carboxylic acids is 1. The Hall–Kier alpha value is -4.23. The van der Waals surface area contributed by atoms with Crippen LogP contribution in [0, 0.1) is 0 Å². The SMILES string of the molecule is CC/C=C\C/C=C\C/C=C\C/C=C\C/C=C\C/C=C\CCC(=O)OC(/C=C\C/C=C\C/C=C\C/C=C\CC)CCCCCC(=O)NC(CCCN)C(=O)O. The molecule has 2 atom stereocenters. The largest absolute Gasteiger partial charge is 0.480 e. The molecule has 0 aliphatic heterocycles. The van der Waals surface area contributed by atoms with E-state index < -0.39 is 12.0 Å². The highest BCUT2D eigenvalue weighted by molar-refractivity contribution is 5.83. The van der Waals surface area contributed by atoms with E-state index in [2.05, 4.69) is 122 Å². The van der Waals surface area contributed by atoms with Crippen LogP contribution in [0.25, 0.3) is 0 Å². The molecule has 1 amide bonds. The van der Waals surface area contributed by atoms with Gasteiger partial charge in [-0.25, -0.2) is 4.79 Å². The molecule has 2 unspecified atom stereocenters. The molecule has 0 aliphatic rings. The third-order valence-electron chi connectivity index (χ3n) is 8.02. The smallest absolute Gasteiger partial charge is 0.326 e. The number of aliphatic carboxylic acids is 1. The molecular weight excluding hydrogens is 673 g/mol. The van der Waals surface area contributed by atoms with Gasteiger partial charge in [0.1, 0.15) is 12.1 Å². The van der Waals surface area contributed by atoms with E-state index in [1.54, 1.807) is 0 Å². The number of nitrogens with two attached hydrogens (primary N) is 1. The number of rotatable bonds is 34. The third kappa shape index (κ3) is 36.1. The number of hydrogen-bond acceptors (Lipinski definition) is 5.